The molecule has 0 aliphatic rings. The van der Waals surface area contributed by atoms with Crippen molar-refractivity contribution >= 4 is 46.0 Å². The van der Waals surface area contributed by atoms with Crippen LogP contribution in [0.3, 0.4) is 0 Å². The number of thioether (sulfide) groups is 1. The van der Waals surface area contributed by atoms with Crippen LogP contribution in [-0.4, -0.2) is 23.4 Å². The summed E-state index contributed by atoms with van der Waals surface area (Å²) in [5.74, 6) is 0.416. The Hall–Kier alpha value is -3.58. The molecule has 1 N–H and O–H groups in total. The molecule has 0 amide bonds. The lowest BCUT2D eigenvalue weighted by Crippen LogP contribution is -2.09. The molecule has 3 nitrogen and oxygen atoms in total. The number of aryl methyl sites for hydroxylation is 1. The first-order valence-electron chi connectivity index (χ1n) is 12.1. The molecule has 0 saturated heterocycles. The third-order valence-corrected chi connectivity index (χ3v) is 8.42. The zero-order valence-corrected chi connectivity index (χ0v) is 23.2. The molecular weight excluding hydrogens is 529 g/mol. The molecular formula is C32H26O3S3. The fourth-order valence-electron chi connectivity index (χ4n) is 4.18. The van der Waals surface area contributed by atoms with Crippen molar-refractivity contribution in [2.24, 2.45) is 0 Å². The number of hydrogen-bond acceptors (Lipinski definition) is 5. The molecule has 0 spiro atoms. The maximum Gasteiger partial charge on any atom is 0.341 e. The number of aliphatic carboxylic acids is 1. The zero-order chi connectivity index (χ0) is 26.3. The average molecular weight is 555 g/mol. The Morgan fingerprint density at radius 3 is 1.87 bits per heavy atom. The molecule has 2 heterocycles. The van der Waals surface area contributed by atoms with Gasteiger partial charge in [-0.1, -0.05) is 54.6 Å². The summed E-state index contributed by atoms with van der Waals surface area (Å²) in [6.45, 7) is 1.60. The van der Waals surface area contributed by atoms with Crippen LogP contribution in [-0.2, 0) is 4.79 Å². The van der Waals surface area contributed by atoms with Crippen LogP contribution in [0, 0.1) is 6.92 Å². The Morgan fingerprint density at radius 2 is 1.39 bits per heavy atom. The van der Waals surface area contributed by atoms with Crippen LogP contribution >= 0.6 is 34.4 Å². The highest BCUT2D eigenvalue weighted by molar-refractivity contribution is 7.99. The van der Waals surface area contributed by atoms with Crippen LogP contribution in [0.4, 0.5) is 0 Å². The highest BCUT2D eigenvalue weighted by Gasteiger charge is 2.09. The van der Waals surface area contributed by atoms with Gasteiger partial charge in [-0.05, 0) is 103 Å². The van der Waals surface area contributed by atoms with Gasteiger partial charge in [0, 0.05) is 10.6 Å². The third-order valence-electron chi connectivity index (χ3n) is 6.14. The lowest BCUT2D eigenvalue weighted by molar-refractivity contribution is -0.139. The van der Waals surface area contributed by atoms with E-state index in [0.717, 1.165) is 16.2 Å². The fourth-order valence-corrected chi connectivity index (χ4v) is 6.38. The van der Waals surface area contributed by atoms with Gasteiger partial charge in [-0.2, -0.15) is 22.7 Å². The van der Waals surface area contributed by atoms with Crippen LogP contribution < -0.4 is 4.74 Å². The molecule has 6 heteroatoms. The third kappa shape index (κ3) is 6.45. The second-order valence-corrected chi connectivity index (χ2v) is 11.4. The molecule has 0 saturated carbocycles. The molecule has 0 radical (unpaired) electrons. The van der Waals surface area contributed by atoms with Crippen molar-refractivity contribution in [1.29, 1.82) is 0 Å². The Bertz CT molecular complexity index is 1440. The van der Waals surface area contributed by atoms with Gasteiger partial charge in [0.05, 0.1) is 0 Å². The van der Waals surface area contributed by atoms with E-state index in [-0.39, 0.29) is 6.61 Å². The van der Waals surface area contributed by atoms with Gasteiger partial charge in [-0.25, -0.2) is 4.79 Å². The van der Waals surface area contributed by atoms with Gasteiger partial charge in [0.15, 0.2) is 6.61 Å². The first-order valence-corrected chi connectivity index (χ1v) is 15.0. The number of thiophene rings is 2. The minimum absolute atomic E-state index is 0.337. The molecule has 38 heavy (non-hydrogen) atoms. The van der Waals surface area contributed by atoms with Crippen LogP contribution in [0.2, 0.25) is 0 Å². The Labute approximate surface area is 235 Å². The predicted molar refractivity (Wildman–Crippen MR) is 162 cm³/mol. The van der Waals surface area contributed by atoms with Gasteiger partial charge in [0.1, 0.15) is 5.75 Å². The Kier molecular flexibility index (Phi) is 8.44. The average Bonchev–Trinajstić information content (AvgIpc) is 3.66. The van der Waals surface area contributed by atoms with Crippen molar-refractivity contribution in [3.63, 3.8) is 0 Å². The van der Waals surface area contributed by atoms with Crippen LogP contribution in [0.5, 0.6) is 5.75 Å². The monoisotopic (exact) mass is 554 g/mol. The molecule has 0 aliphatic carbocycles. The molecule has 2 aromatic heterocycles. The zero-order valence-electron chi connectivity index (χ0n) is 20.8. The van der Waals surface area contributed by atoms with E-state index in [4.69, 9.17) is 9.84 Å². The maximum absolute atomic E-state index is 10.8. The van der Waals surface area contributed by atoms with Crippen molar-refractivity contribution in [2.75, 3.05) is 12.4 Å². The summed E-state index contributed by atoms with van der Waals surface area (Å²) in [6, 6.07) is 27.7. The molecule has 0 atom stereocenters. The summed E-state index contributed by atoms with van der Waals surface area (Å²) < 4.78 is 5.36. The first-order chi connectivity index (χ1) is 18.6. The summed E-state index contributed by atoms with van der Waals surface area (Å²) in [6.07, 6.45) is 2.29. The van der Waals surface area contributed by atoms with Gasteiger partial charge < -0.3 is 9.84 Å². The molecule has 3 aromatic carbocycles. The number of benzene rings is 3. The van der Waals surface area contributed by atoms with Crippen LogP contribution in [0.15, 0.2) is 111 Å². The van der Waals surface area contributed by atoms with E-state index in [0.29, 0.717) is 5.75 Å². The Balaban J connectivity index is 1.38. The standard InChI is InChI=1S/C32H26O3S3/c1-22-18-29(10-11-31(22)35-19-32(33)34)38-17-14-30(25-6-2-23(3-7-25)27-12-15-36-20-27)26-8-4-24(5-9-26)28-13-16-37-21-28/h2-16,18,20-21H,17,19H2,1H3,(H,33,34). The highest BCUT2D eigenvalue weighted by Crippen LogP contribution is 2.32. The van der Waals surface area contributed by atoms with E-state index in [2.05, 4.69) is 88.3 Å². The van der Waals surface area contributed by atoms with Crippen LogP contribution in [0.1, 0.15) is 16.7 Å². The second-order valence-electron chi connectivity index (χ2n) is 8.72. The molecule has 5 rings (SSSR count). The molecule has 0 fully saturated rings. The van der Waals surface area contributed by atoms with Crippen molar-refractivity contribution in [1.82, 2.24) is 0 Å². The van der Waals surface area contributed by atoms with Crippen molar-refractivity contribution in [3.8, 4) is 28.0 Å². The van der Waals surface area contributed by atoms with Gasteiger partial charge in [-0.3, -0.25) is 0 Å². The minimum Gasteiger partial charge on any atom is -0.482 e. The summed E-state index contributed by atoms with van der Waals surface area (Å²) in [7, 11) is 0. The molecule has 0 bridgehead atoms. The smallest absolute Gasteiger partial charge is 0.341 e. The fraction of sp³-hybridized carbons (Fsp3) is 0.0938. The number of carbonyl (C=O) groups is 1. The summed E-state index contributed by atoms with van der Waals surface area (Å²) in [5.41, 5.74) is 9.41. The number of hydrogen-bond donors (Lipinski definition) is 1. The van der Waals surface area contributed by atoms with Crippen molar-refractivity contribution < 1.29 is 14.6 Å². The van der Waals surface area contributed by atoms with Gasteiger partial charge in [0.2, 0.25) is 0 Å². The van der Waals surface area contributed by atoms with E-state index < -0.39 is 5.97 Å². The molecule has 5 aromatic rings. The molecule has 190 valence electrons. The molecule has 0 unspecified atom stereocenters. The lowest BCUT2D eigenvalue weighted by Gasteiger charge is -2.12. The van der Waals surface area contributed by atoms with Gasteiger partial charge in [-0.15, -0.1) is 11.8 Å². The number of rotatable bonds is 10. The highest BCUT2D eigenvalue weighted by atomic mass is 32.2. The summed E-state index contributed by atoms with van der Waals surface area (Å²) >= 11 is 5.16. The maximum atomic E-state index is 10.8. The van der Waals surface area contributed by atoms with E-state index in [1.807, 2.05) is 25.1 Å². The molecule has 0 aliphatic heterocycles. The topological polar surface area (TPSA) is 46.5 Å². The normalized spacial score (nSPS) is 10.8. The summed E-state index contributed by atoms with van der Waals surface area (Å²) in [5, 5.41) is 17.4. The number of ether oxygens (including phenoxy) is 1. The minimum atomic E-state index is -0.979. The van der Waals surface area contributed by atoms with Crippen molar-refractivity contribution in [3.05, 3.63) is 123 Å². The SMILES string of the molecule is Cc1cc(SCC=C(c2ccc(-c3ccsc3)cc2)c2ccc(-c3ccsc3)cc2)ccc1OCC(=O)O. The summed E-state index contributed by atoms with van der Waals surface area (Å²) in [4.78, 5) is 11.9. The van der Waals surface area contributed by atoms with E-state index in [1.165, 1.54) is 39.0 Å². The first kappa shape index (κ1) is 26.0. The number of carboxylic acids is 1. The van der Waals surface area contributed by atoms with E-state index >= 15 is 0 Å². The van der Waals surface area contributed by atoms with Crippen LogP contribution in [0.25, 0.3) is 27.8 Å². The quantitative estimate of drug-likeness (QED) is 0.175. The van der Waals surface area contributed by atoms with E-state index in [9.17, 15) is 4.79 Å². The number of carboxylic acid groups (broad SMARTS) is 1. The lowest BCUT2D eigenvalue weighted by atomic mass is 9.94. The largest absolute Gasteiger partial charge is 0.482 e. The van der Waals surface area contributed by atoms with E-state index in [1.54, 1.807) is 34.4 Å². The van der Waals surface area contributed by atoms with Gasteiger partial charge >= 0.3 is 5.97 Å². The van der Waals surface area contributed by atoms with Gasteiger partial charge in [0.25, 0.3) is 0 Å². The predicted octanol–water partition coefficient (Wildman–Crippen LogP) is 9.14. The second kappa shape index (κ2) is 12.3. The Morgan fingerprint density at radius 1 is 0.816 bits per heavy atom. The van der Waals surface area contributed by atoms with Crippen molar-refractivity contribution in [2.45, 2.75) is 11.8 Å².